The predicted molar refractivity (Wildman–Crippen MR) is 144 cm³/mol. The Hall–Kier alpha value is -3.46. The SMILES string of the molecule is Cc1ccc(S(=O)(=O)n2cc(-c3cc(C#N)c4ccn(S(=O)(=O)C5CC5)c4c3)c3cc(Br)cnc32)cc1. The Morgan fingerprint density at radius 2 is 1.73 bits per heavy atom. The number of nitrogens with zero attached hydrogens (tertiary/aromatic N) is 4. The van der Waals surface area contributed by atoms with Gasteiger partial charge in [-0.3, -0.25) is 0 Å². The van der Waals surface area contributed by atoms with Crippen LogP contribution in [-0.2, 0) is 20.0 Å². The van der Waals surface area contributed by atoms with Crippen molar-refractivity contribution in [2.24, 2.45) is 0 Å². The van der Waals surface area contributed by atoms with Gasteiger partial charge in [-0.05, 0) is 77.7 Å². The molecule has 2 aromatic carbocycles. The highest BCUT2D eigenvalue weighted by Gasteiger charge is 2.37. The molecule has 1 aliphatic carbocycles. The molecule has 0 amide bonds. The number of nitriles is 1. The molecule has 1 aliphatic rings. The number of benzene rings is 2. The van der Waals surface area contributed by atoms with Gasteiger partial charge < -0.3 is 0 Å². The van der Waals surface area contributed by atoms with Crippen LogP contribution < -0.4 is 0 Å². The minimum atomic E-state index is -3.99. The molecule has 0 atom stereocenters. The molecule has 3 aromatic heterocycles. The molecule has 0 radical (unpaired) electrons. The summed E-state index contributed by atoms with van der Waals surface area (Å²) in [5.74, 6) is 0. The molecular formula is C26H19BrN4O4S2. The number of pyridine rings is 1. The summed E-state index contributed by atoms with van der Waals surface area (Å²) in [6, 6.07) is 15.4. The van der Waals surface area contributed by atoms with Gasteiger partial charge in [0.2, 0.25) is 10.0 Å². The van der Waals surface area contributed by atoms with Crippen LogP contribution in [0.1, 0.15) is 24.0 Å². The van der Waals surface area contributed by atoms with E-state index in [1.165, 1.54) is 22.6 Å². The van der Waals surface area contributed by atoms with Gasteiger partial charge in [0.15, 0.2) is 5.65 Å². The van der Waals surface area contributed by atoms with E-state index in [-0.39, 0.29) is 10.5 Å². The average molecular weight is 596 g/mol. The second-order valence-electron chi connectivity index (χ2n) is 9.11. The number of aryl methyl sites for hydroxylation is 1. The summed E-state index contributed by atoms with van der Waals surface area (Å²) < 4.78 is 56.4. The zero-order chi connectivity index (χ0) is 26.1. The Balaban J connectivity index is 1.63. The van der Waals surface area contributed by atoms with Crippen LogP contribution in [0.25, 0.3) is 33.1 Å². The molecule has 1 fully saturated rings. The smallest absolute Gasteiger partial charge is 0.245 e. The fourth-order valence-corrected chi connectivity index (χ4v) is 7.87. The molecule has 0 saturated heterocycles. The average Bonchev–Trinajstić information content (AvgIpc) is 3.54. The lowest BCUT2D eigenvalue weighted by atomic mass is 10.0. The highest BCUT2D eigenvalue weighted by molar-refractivity contribution is 9.10. The van der Waals surface area contributed by atoms with E-state index in [9.17, 15) is 22.1 Å². The van der Waals surface area contributed by atoms with Gasteiger partial charge in [-0.2, -0.15) is 5.26 Å². The first-order valence-corrected chi connectivity index (χ1v) is 15.1. The summed E-state index contributed by atoms with van der Waals surface area (Å²) >= 11 is 3.42. The second-order valence-corrected chi connectivity index (χ2v) is 13.9. The molecule has 6 rings (SSSR count). The monoisotopic (exact) mass is 594 g/mol. The molecule has 11 heteroatoms. The molecule has 8 nitrogen and oxygen atoms in total. The molecule has 0 aliphatic heterocycles. The van der Waals surface area contributed by atoms with E-state index in [0.29, 0.717) is 50.3 Å². The largest absolute Gasteiger partial charge is 0.269 e. The van der Waals surface area contributed by atoms with Gasteiger partial charge in [-0.15, -0.1) is 0 Å². The van der Waals surface area contributed by atoms with Crippen LogP contribution in [0.15, 0.2) is 76.5 Å². The standard InChI is InChI=1S/C26H19BrN4O4S2/c1-16-2-4-20(5-3-16)37(34,35)31-15-24(23-12-19(27)14-29-26(23)31)17-10-18(13-28)22-8-9-30(25(22)11-17)36(32,33)21-6-7-21/h2-5,8-12,14-15,21H,6-7H2,1H3. The molecule has 0 unspecified atom stereocenters. The van der Waals surface area contributed by atoms with Gasteiger partial charge in [0.25, 0.3) is 10.0 Å². The topological polar surface area (TPSA) is 115 Å². The van der Waals surface area contributed by atoms with Crippen molar-refractivity contribution < 1.29 is 16.8 Å². The fourth-order valence-electron chi connectivity index (χ4n) is 4.51. The van der Waals surface area contributed by atoms with E-state index in [4.69, 9.17) is 0 Å². The Kier molecular flexibility index (Phi) is 5.35. The van der Waals surface area contributed by atoms with Crippen LogP contribution in [0.3, 0.4) is 0 Å². The number of aromatic nitrogens is 3. The van der Waals surface area contributed by atoms with Crippen LogP contribution in [0.5, 0.6) is 0 Å². The van der Waals surface area contributed by atoms with Gasteiger partial charge in [0, 0.05) is 39.4 Å². The van der Waals surface area contributed by atoms with Crippen molar-refractivity contribution in [3.05, 3.63) is 82.7 Å². The number of halogens is 1. The maximum atomic E-state index is 13.6. The maximum Gasteiger partial charge on any atom is 0.269 e. The van der Waals surface area contributed by atoms with Crippen molar-refractivity contribution in [1.82, 2.24) is 12.9 Å². The molecule has 1 saturated carbocycles. The van der Waals surface area contributed by atoms with Crippen molar-refractivity contribution >= 4 is 57.9 Å². The van der Waals surface area contributed by atoms with Crippen molar-refractivity contribution in [3.8, 4) is 17.2 Å². The van der Waals surface area contributed by atoms with E-state index in [2.05, 4.69) is 27.0 Å². The Morgan fingerprint density at radius 1 is 1.00 bits per heavy atom. The van der Waals surface area contributed by atoms with E-state index in [1.54, 1.807) is 48.5 Å². The Labute approximate surface area is 222 Å². The number of hydrogen-bond donors (Lipinski definition) is 0. The van der Waals surface area contributed by atoms with Crippen molar-refractivity contribution in [2.45, 2.75) is 29.9 Å². The molecular weight excluding hydrogens is 576 g/mol. The van der Waals surface area contributed by atoms with Gasteiger partial charge in [0.1, 0.15) is 0 Å². The Bertz CT molecular complexity index is 2000. The van der Waals surface area contributed by atoms with Crippen LogP contribution in [0, 0.1) is 18.3 Å². The first-order chi connectivity index (χ1) is 17.6. The number of hydrogen-bond acceptors (Lipinski definition) is 6. The first kappa shape index (κ1) is 23.9. The second kappa shape index (κ2) is 8.28. The van der Waals surface area contributed by atoms with E-state index < -0.39 is 25.3 Å². The lowest BCUT2D eigenvalue weighted by molar-refractivity contribution is 0.586. The van der Waals surface area contributed by atoms with Crippen molar-refractivity contribution in [3.63, 3.8) is 0 Å². The van der Waals surface area contributed by atoms with E-state index in [0.717, 1.165) is 9.54 Å². The van der Waals surface area contributed by atoms with Crippen LogP contribution >= 0.6 is 15.9 Å². The Morgan fingerprint density at radius 3 is 2.41 bits per heavy atom. The van der Waals surface area contributed by atoms with E-state index >= 15 is 0 Å². The molecule has 186 valence electrons. The van der Waals surface area contributed by atoms with Crippen molar-refractivity contribution in [1.29, 1.82) is 5.26 Å². The van der Waals surface area contributed by atoms with Gasteiger partial charge in [0.05, 0.1) is 27.3 Å². The lowest BCUT2D eigenvalue weighted by Crippen LogP contribution is -2.16. The minimum absolute atomic E-state index is 0.115. The van der Waals surface area contributed by atoms with Crippen LogP contribution in [-0.4, -0.2) is 35.0 Å². The summed E-state index contributed by atoms with van der Waals surface area (Å²) in [6.45, 7) is 1.88. The summed E-state index contributed by atoms with van der Waals surface area (Å²) in [5, 5.41) is 10.5. The summed E-state index contributed by atoms with van der Waals surface area (Å²) in [7, 11) is -7.58. The third kappa shape index (κ3) is 3.79. The molecule has 37 heavy (non-hydrogen) atoms. The quantitative estimate of drug-likeness (QED) is 0.277. The molecule has 0 spiro atoms. The third-order valence-electron chi connectivity index (χ3n) is 6.58. The summed E-state index contributed by atoms with van der Waals surface area (Å²) in [5.41, 5.74) is 2.85. The van der Waals surface area contributed by atoms with Gasteiger partial charge in [-0.25, -0.2) is 29.8 Å². The van der Waals surface area contributed by atoms with Gasteiger partial charge in [-0.1, -0.05) is 17.7 Å². The number of fused-ring (bicyclic) bond motifs is 2. The van der Waals surface area contributed by atoms with Crippen molar-refractivity contribution in [2.75, 3.05) is 0 Å². The van der Waals surface area contributed by atoms with E-state index in [1.807, 2.05) is 6.92 Å². The highest BCUT2D eigenvalue weighted by atomic mass is 79.9. The lowest BCUT2D eigenvalue weighted by Gasteiger charge is -2.08. The number of rotatable bonds is 5. The fraction of sp³-hybridized carbons (Fsp3) is 0.154. The highest BCUT2D eigenvalue weighted by Crippen LogP contribution is 2.38. The van der Waals surface area contributed by atoms with Gasteiger partial charge >= 0.3 is 0 Å². The van der Waals surface area contributed by atoms with Crippen LogP contribution in [0.4, 0.5) is 0 Å². The molecule has 0 N–H and O–H groups in total. The first-order valence-electron chi connectivity index (χ1n) is 11.4. The summed E-state index contributed by atoms with van der Waals surface area (Å²) in [6.07, 6.45) is 5.69. The molecule has 0 bridgehead atoms. The maximum absolute atomic E-state index is 13.6. The summed E-state index contributed by atoms with van der Waals surface area (Å²) in [4.78, 5) is 4.50. The van der Waals surface area contributed by atoms with Crippen LogP contribution in [0.2, 0.25) is 0 Å². The molecule has 3 heterocycles. The zero-order valence-corrected chi connectivity index (χ0v) is 22.7. The minimum Gasteiger partial charge on any atom is -0.245 e. The zero-order valence-electron chi connectivity index (χ0n) is 19.5. The molecule has 5 aromatic rings. The third-order valence-corrected chi connectivity index (χ3v) is 10.9. The normalized spacial score (nSPS) is 14.3. The predicted octanol–water partition coefficient (Wildman–Crippen LogP) is 5.18.